The largest absolute Gasteiger partial charge is 0.501 e. The van der Waals surface area contributed by atoms with E-state index in [1.54, 1.807) is 36.5 Å². The molecule has 9 rings (SSSR count). The zero-order valence-electron chi connectivity index (χ0n) is 39.6. The fraction of sp³-hybridized carbons (Fsp3) is 0.192. The molecular weight excluding hydrogens is 880 g/mol. The first kappa shape index (κ1) is 31.6. The van der Waals surface area contributed by atoms with E-state index >= 15 is 0 Å². The van der Waals surface area contributed by atoms with E-state index in [0.29, 0.717) is 28.0 Å². The summed E-state index contributed by atoms with van der Waals surface area (Å²) < 4.78 is 78.2. The van der Waals surface area contributed by atoms with Gasteiger partial charge in [-0.1, -0.05) is 119 Å². The van der Waals surface area contributed by atoms with Crippen LogP contribution in [-0.4, -0.2) is 9.97 Å². The quantitative estimate of drug-likeness (QED) is 0.131. The van der Waals surface area contributed by atoms with E-state index in [9.17, 15) is 4.39 Å². The Morgan fingerprint density at radius 3 is 2.19 bits per heavy atom. The molecule has 0 fully saturated rings. The van der Waals surface area contributed by atoms with E-state index in [0.717, 1.165) is 43.6 Å². The minimum absolute atomic E-state index is 0. The molecule has 1 radical (unpaired) electrons. The fourth-order valence-corrected chi connectivity index (χ4v) is 6.99. The summed E-state index contributed by atoms with van der Waals surface area (Å²) >= 11 is 0. The van der Waals surface area contributed by atoms with Crippen molar-refractivity contribution in [3.8, 4) is 33.6 Å². The number of aromatic nitrogens is 2. The van der Waals surface area contributed by atoms with Crippen LogP contribution < -0.4 is 0 Å². The summed E-state index contributed by atoms with van der Waals surface area (Å²) in [5, 5.41) is 6.16. The van der Waals surface area contributed by atoms with Crippen molar-refractivity contribution in [1.29, 1.82) is 0 Å². The van der Waals surface area contributed by atoms with Gasteiger partial charge in [0.2, 0.25) is 0 Å². The fourth-order valence-electron chi connectivity index (χ4n) is 6.99. The molecule has 6 aromatic carbocycles. The predicted octanol–water partition coefficient (Wildman–Crippen LogP) is 14.3. The van der Waals surface area contributed by atoms with Gasteiger partial charge in [-0.3, -0.25) is 4.39 Å². The molecule has 3 nitrogen and oxygen atoms in total. The first-order valence-corrected chi connectivity index (χ1v) is 18.6. The average molecular weight is 932 g/mol. The van der Waals surface area contributed by atoms with Crippen LogP contribution in [0.5, 0.6) is 0 Å². The van der Waals surface area contributed by atoms with Crippen LogP contribution in [0.4, 0.5) is 4.39 Å². The Balaban J connectivity index is 0.000000286. The van der Waals surface area contributed by atoms with Gasteiger partial charge in [0.1, 0.15) is 5.58 Å². The van der Waals surface area contributed by atoms with Gasteiger partial charge in [-0.25, -0.2) is 0 Å². The van der Waals surface area contributed by atoms with E-state index in [2.05, 4.69) is 73.2 Å². The van der Waals surface area contributed by atoms with Crippen LogP contribution in [0.1, 0.15) is 73.4 Å². The first-order valence-electron chi connectivity index (χ1n) is 22.1. The monoisotopic (exact) mass is 932 g/mol. The van der Waals surface area contributed by atoms with Crippen LogP contribution >= 0.6 is 0 Å². The van der Waals surface area contributed by atoms with Crippen LogP contribution in [0.15, 0.2) is 132 Å². The summed E-state index contributed by atoms with van der Waals surface area (Å²) in [7, 11) is 0. The molecule has 0 N–H and O–H groups in total. The molecule has 0 amide bonds. The second-order valence-corrected chi connectivity index (χ2v) is 16.2. The molecule has 3 aromatic heterocycles. The molecule has 0 aliphatic heterocycles. The molecule has 0 saturated heterocycles. The van der Waals surface area contributed by atoms with Crippen LogP contribution in [0.2, 0.25) is 0 Å². The normalized spacial score (nSPS) is 14.1. The number of halogens is 1. The summed E-state index contributed by atoms with van der Waals surface area (Å²) in [4.78, 5) is 8.84. The van der Waals surface area contributed by atoms with Gasteiger partial charge in [0.25, 0.3) is 0 Å². The maximum Gasteiger partial charge on any atom is 0.121 e. The standard InChI is InChI=1S/C37H30NO.C15H15FN.Ir/c1-22-17-26(37(3,4)5)15-16-27(22)31-19-34(38-21-23(31)2)30-12-8-11-29-33-18-25-14-13-24-9-6-7-10-28(24)32(25)20-35(33)39-36(29)30;1-15(2,3)12-8-9-17-14(10-12)11-4-6-13(16)7-5-11;/h6-11,13-21H,1-5H3;4,6-10H,1-3H3;/q2*-1;/i1D3,2D3,16D;;. The maximum atomic E-state index is 12.8. The zero-order chi connectivity index (χ0) is 45.2. The van der Waals surface area contributed by atoms with Crippen LogP contribution in [0.25, 0.3) is 77.1 Å². The van der Waals surface area contributed by atoms with E-state index in [1.165, 1.54) is 23.9 Å². The van der Waals surface area contributed by atoms with E-state index in [-0.39, 0.29) is 59.6 Å². The van der Waals surface area contributed by atoms with Crippen molar-refractivity contribution in [1.82, 2.24) is 9.97 Å². The van der Waals surface area contributed by atoms with E-state index in [4.69, 9.17) is 14.0 Å². The Hall–Kier alpha value is -5.48. The molecule has 0 spiro atoms. The van der Waals surface area contributed by atoms with Crippen molar-refractivity contribution in [3.05, 3.63) is 168 Å². The van der Waals surface area contributed by atoms with Crippen molar-refractivity contribution in [2.75, 3.05) is 0 Å². The number of hydrogen-bond donors (Lipinski definition) is 0. The van der Waals surface area contributed by atoms with Gasteiger partial charge in [0.05, 0.1) is 6.95 Å². The van der Waals surface area contributed by atoms with Gasteiger partial charge in [0, 0.05) is 51.9 Å². The maximum absolute atomic E-state index is 12.8. The third-order valence-electron chi connectivity index (χ3n) is 10.2. The average Bonchev–Trinajstić information content (AvgIpc) is 3.59. The van der Waals surface area contributed by atoms with Crippen molar-refractivity contribution in [2.45, 2.75) is 66.1 Å². The van der Waals surface area contributed by atoms with Crippen LogP contribution in [-0.2, 0) is 30.9 Å². The summed E-state index contributed by atoms with van der Waals surface area (Å²) in [6, 6.07) is 39.6. The molecule has 0 aliphatic rings. The predicted molar refractivity (Wildman–Crippen MR) is 232 cm³/mol. The number of nitrogens with zero attached hydrogens (tertiary/aromatic N) is 2. The molecule has 0 atom stereocenters. The summed E-state index contributed by atoms with van der Waals surface area (Å²) in [6.45, 7) is 7.08. The molecule has 0 saturated carbocycles. The number of furan rings is 1. The number of benzene rings is 6. The topological polar surface area (TPSA) is 38.9 Å². The van der Waals surface area contributed by atoms with Crippen LogP contribution in [0, 0.1) is 31.7 Å². The Morgan fingerprint density at radius 1 is 0.667 bits per heavy atom. The Morgan fingerprint density at radius 2 is 1.44 bits per heavy atom. The molecule has 9 aromatic rings. The zero-order valence-corrected chi connectivity index (χ0v) is 35.0. The van der Waals surface area contributed by atoms with Crippen molar-refractivity contribution >= 4 is 43.5 Å². The van der Waals surface area contributed by atoms with Crippen LogP contribution in [0.3, 0.4) is 0 Å². The Kier molecular flexibility index (Phi) is 8.57. The molecule has 0 bridgehead atoms. The van der Waals surface area contributed by atoms with Gasteiger partial charge >= 0.3 is 0 Å². The minimum atomic E-state index is -2.61. The molecular formula is C52H45FIrN2O-2. The van der Waals surface area contributed by atoms with Gasteiger partial charge in [0.15, 0.2) is 0 Å². The summed E-state index contributed by atoms with van der Waals surface area (Å²) in [6.07, 6.45) is 3.04. The van der Waals surface area contributed by atoms with Crippen molar-refractivity contribution in [2.24, 2.45) is 0 Å². The molecule has 5 heteroatoms. The molecule has 0 unspecified atom stereocenters. The first-order chi connectivity index (χ1) is 29.6. The van der Waals surface area contributed by atoms with Gasteiger partial charge in [-0.15, -0.1) is 48.0 Å². The molecule has 287 valence electrons. The summed E-state index contributed by atoms with van der Waals surface area (Å²) in [5.74, 6) is -0.277. The smallest absolute Gasteiger partial charge is 0.121 e. The number of pyridine rings is 2. The van der Waals surface area contributed by atoms with Gasteiger partial charge in [-0.05, 0) is 109 Å². The minimum Gasteiger partial charge on any atom is -0.501 e. The molecule has 57 heavy (non-hydrogen) atoms. The third kappa shape index (κ3) is 7.92. The SMILES string of the molecule is CC(C)(C)c1ccnc(-c2[c-]cc(F)cc2)c1.[2H]c1cc(C(C)(C)C)cc(C([2H])([2H])[2H])c1-c1cc(-c2[c-]ccc3c2oc2cc4c(ccc5ccccc54)cc23)ncc1C([2H])([2H])[2H].[Ir]. The second kappa shape index (κ2) is 15.5. The molecule has 3 heterocycles. The van der Waals surface area contributed by atoms with Crippen molar-refractivity contribution < 1.29 is 38.5 Å². The Labute approximate surface area is 358 Å². The number of rotatable bonds is 3. The van der Waals surface area contributed by atoms with E-state index in [1.807, 2.05) is 57.2 Å². The number of fused-ring (bicyclic) bond motifs is 6. The summed E-state index contributed by atoms with van der Waals surface area (Å²) in [5.41, 5.74) is 5.26. The van der Waals surface area contributed by atoms with Crippen molar-refractivity contribution in [3.63, 3.8) is 0 Å². The molecule has 0 aliphatic carbocycles. The Bertz CT molecular complexity index is 3200. The second-order valence-electron chi connectivity index (χ2n) is 16.2. The number of hydrogen-bond acceptors (Lipinski definition) is 3. The van der Waals surface area contributed by atoms with Gasteiger partial charge in [-0.2, -0.15) is 0 Å². The third-order valence-corrected chi connectivity index (χ3v) is 10.2. The van der Waals surface area contributed by atoms with Gasteiger partial charge < -0.3 is 14.4 Å². The number of aryl methyl sites for hydroxylation is 2. The van der Waals surface area contributed by atoms with E-state index < -0.39 is 19.1 Å².